The molecule has 0 aliphatic carbocycles. The van der Waals surface area contributed by atoms with Gasteiger partial charge in [0.15, 0.2) is 0 Å². The Morgan fingerprint density at radius 1 is 1.16 bits per heavy atom. The van der Waals surface area contributed by atoms with E-state index in [1.54, 1.807) is 7.11 Å². The van der Waals surface area contributed by atoms with Crippen LogP contribution in [0, 0.1) is 0 Å². The molecule has 2 aromatic carbocycles. The number of rotatable bonds is 7. The fraction of sp³-hybridized carbons (Fsp3) is 0.286. The Balaban J connectivity index is 1.49. The maximum absolute atomic E-state index is 12.2. The number of carbonyl (C=O) groups excluding carboxylic acids is 1. The average molecular weight is 336 g/mol. The molecule has 0 saturated carbocycles. The maximum atomic E-state index is 12.2. The summed E-state index contributed by atoms with van der Waals surface area (Å²) in [7, 11) is 1.65. The number of benzene rings is 2. The number of aromatic nitrogens is 1. The van der Waals surface area contributed by atoms with Crippen LogP contribution >= 0.6 is 0 Å². The van der Waals surface area contributed by atoms with E-state index in [4.69, 9.17) is 4.74 Å². The van der Waals surface area contributed by atoms with Crippen molar-refractivity contribution in [3.63, 3.8) is 0 Å². The highest BCUT2D eigenvalue weighted by Crippen LogP contribution is 2.22. The van der Waals surface area contributed by atoms with E-state index in [9.17, 15) is 4.79 Å². The summed E-state index contributed by atoms with van der Waals surface area (Å²) >= 11 is 0. The highest BCUT2D eigenvalue weighted by atomic mass is 16.5. The van der Waals surface area contributed by atoms with Crippen LogP contribution in [0.4, 0.5) is 0 Å². The van der Waals surface area contributed by atoms with Crippen LogP contribution in [0.5, 0.6) is 5.75 Å². The van der Waals surface area contributed by atoms with Crippen LogP contribution in [0.25, 0.3) is 10.9 Å². The van der Waals surface area contributed by atoms with Gasteiger partial charge < -0.3 is 15.0 Å². The van der Waals surface area contributed by atoms with Gasteiger partial charge in [-0.3, -0.25) is 4.79 Å². The SMILES string of the molecule is COc1ccc(C(C)CC(=O)NCCc2c[nH]c3ccccc23)cc1. The normalized spacial score (nSPS) is 12.1. The largest absolute Gasteiger partial charge is 0.497 e. The van der Waals surface area contributed by atoms with Crippen LogP contribution in [0.15, 0.2) is 54.7 Å². The van der Waals surface area contributed by atoms with Crippen LogP contribution in [0.1, 0.15) is 30.4 Å². The quantitative estimate of drug-likeness (QED) is 0.684. The molecule has 3 aromatic rings. The fourth-order valence-corrected chi connectivity index (χ4v) is 3.08. The lowest BCUT2D eigenvalue weighted by Gasteiger charge is -2.12. The van der Waals surface area contributed by atoms with Crippen molar-refractivity contribution >= 4 is 16.8 Å². The summed E-state index contributed by atoms with van der Waals surface area (Å²) in [6.07, 6.45) is 3.34. The molecule has 130 valence electrons. The number of H-pyrrole nitrogens is 1. The molecular formula is C21H24N2O2. The number of hydrogen-bond acceptors (Lipinski definition) is 2. The van der Waals surface area contributed by atoms with Gasteiger partial charge in [-0.2, -0.15) is 0 Å². The third kappa shape index (κ3) is 4.21. The zero-order valence-corrected chi connectivity index (χ0v) is 14.7. The summed E-state index contributed by atoms with van der Waals surface area (Å²) in [5.74, 6) is 1.10. The number of fused-ring (bicyclic) bond motifs is 1. The molecule has 0 aliphatic rings. The Bertz CT molecular complexity index is 836. The Hall–Kier alpha value is -2.75. The lowest BCUT2D eigenvalue weighted by Crippen LogP contribution is -2.26. The highest BCUT2D eigenvalue weighted by Gasteiger charge is 2.11. The van der Waals surface area contributed by atoms with Gasteiger partial charge in [0.1, 0.15) is 5.75 Å². The number of amides is 1. The van der Waals surface area contributed by atoms with Gasteiger partial charge in [-0.05, 0) is 41.7 Å². The molecule has 2 N–H and O–H groups in total. The van der Waals surface area contributed by atoms with Gasteiger partial charge in [0.05, 0.1) is 7.11 Å². The standard InChI is InChI=1S/C21H24N2O2/c1-15(16-7-9-18(25-2)10-8-16)13-21(24)22-12-11-17-14-23-20-6-4-3-5-19(17)20/h3-10,14-15,23H,11-13H2,1-2H3,(H,22,24). The van der Waals surface area contributed by atoms with E-state index in [1.165, 1.54) is 10.9 Å². The third-order valence-corrected chi connectivity index (χ3v) is 4.57. The molecule has 1 aromatic heterocycles. The van der Waals surface area contributed by atoms with Crippen molar-refractivity contribution in [2.24, 2.45) is 0 Å². The average Bonchev–Trinajstić information content (AvgIpc) is 3.05. The molecule has 0 bridgehead atoms. The lowest BCUT2D eigenvalue weighted by atomic mass is 9.97. The van der Waals surface area contributed by atoms with E-state index in [2.05, 4.69) is 29.4 Å². The summed E-state index contributed by atoms with van der Waals surface area (Å²) in [4.78, 5) is 15.5. The summed E-state index contributed by atoms with van der Waals surface area (Å²) in [5, 5.41) is 4.26. The predicted molar refractivity (Wildman–Crippen MR) is 101 cm³/mol. The van der Waals surface area contributed by atoms with Gasteiger partial charge in [0, 0.05) is 30.1 Å². The first-order valence-corrected chi connectivity index (χ1v) is 8.63. The molecular weight excluding hydrogens is 312 g/mol. The first-order chi connectivity index (χ1) is 12.2. The van der Waals surface area contributed by atoms with Crippen molar-refractivity contribution in [2.75, 3.05) is 13.7 Å². The second-order valence-corrected chi connectivity index (χ2v) is 6.34. The minimum absolute atomic E-state index is 0.0863. The monoisotopic (exact) mass is 336 g/mol. The molecule has 3 rings (SSSR count). The van der Waals surface area contributed by atoms with Crippen LogP contribution < -0.4 is 10.1 Å². The fourth-order valence-electron chi connectivity index (χ4n) is 3.08. The van der Waals surface area contributed by atoms with Gasteiger partial charge in [-0.1, -0.05) is 37.3 Å². The van der Waals surface area contributed by atoms with E-state index < -0.39 is 0 Å². The maximum Gasteiger partial charge on any atom is 0.220 e. The van der Waals surface area contributed by atoms with E-state index in [0.717, 1.165) is 23.3 Å². The second kappa shape index (κ2) is 7.88. The number of carbonyl (C=O) groups is 1. The van der Waals surface area contributed by atoms with Crippen molar-refractivity contribution in [1.82, 2.24) is 10.3 Å². The van der Waals surface area contributed by atoms with Gasteiger partial charge in [0.2, 0.25) is 5.91 Å². The first kappa shape index (κ1) is 17.1. The molecule has 1 atom stereocenters. The minimum atomic E-state index is 0.0863. The van der Waals surface area contributed by atoms with E-state index in [0.29, 0.717) is 13.0 Å². The topological polar surface area (TPSA) is 54.1 Å². The van der Waals surface area contributed by atoms with Crippen LogP contribution in [-0.4, -0.2) is 24.5 Å². The van der Waals surface area contributed by atoms with Gasteiger partial charge >= 0.3 is 0 Å². The number of aromatic amines is 1. The van der Waals surface area contributed by atoms with Crippen molar-refractivity contribution < 1.29 is 9.53 Å². The molecule has 1 amide bonds. The summed E-state index contributed by atoms with van der Waals surface area (Å²) in [5.41, 5.74) is 3.52. The van der Waals surface area contributed by atoms with E-state index in [-0.39, 0.29) is 11.8 Å². The summed E-state index contributed by atoms with van der Waals surface area (Å²) in [6.45, 7) is 2.72. The molecule has 25 heavy (non-hydrogen) atoms. The Morgan fingerprint density at radius 2 is 1.92 bits per heavy atom. The molecule has 4 nitrogen and oxygen atoms in total. The molecule has 0 saturated heterocycles. The number of hydrogen-bond donors (Lipinski definition) is 2. The van der Waals surface area contributed by atoms with Crippen LogP contribution in [-0.2, 0) is 11.2 Å². The first-order valence-electron chi connectivity index (χ1n) is 8.63. The zero-order valence-electron chi connectivity index (χ0n) is 14.7. The number of para-hydroxylation sites is 1. The lowest BCUT2D eigenvalue weighted by molar-refractivity contribution is -0.121. The third-order valence-electron chi connectivity index (χ3n) is 4.57. The minimum Gasteiger partial charge on any atom is -0.497 e. The Morgan fingerprint density at radius 3 is 2.68 bits per heavy atom. The second-order valence-electron chi connectivity index (χ2n) is 6.34. The van der Waals surface area contributed by atoms with Crippen LogP contribution in [0.2, 0.25) is 0 Å². The molecule has 4 heteroatoms. The van der Waals surface area contributed by atoms with Crippen molar-refractivity contribution in [2.45, 2.75) is 25.7 Å². The van der Waals surface area contributed by atoms with Crippen molar-refractivity contribution in [1.29, 1.82) is 0 Å². The number of ether oxygens (including phenoxy) is 1. The van der Waals surface area contributed by atoms with Crippen LogP contribution in [0.3, 0.4) is 0 Å². The number of methoxy groups -OCH3 is 1. The molecule has 0 aliphatic heterocycles. The number of nitrogens with one attached hydrogen (secondary N) is 2. The smallest absolute Gasteiger partial charge is 0.220 e. The van der Waals surface area contributed by atoms with Gasteiger partial charge in [0.25, 0.3) is 0 Å². The van der Waals surface area contributed by atoms with Crippen molar-refractivity contribution in [3.8, 4) is 5.75 Å². The summed E-state index contributed by atoms with van der Waals surface area (Å²) in [6, 6.07) is 16.1. The molecule has 0 fully saturated rings. The Kier molecular flexibility index (Phi) is 5.39. The summed E-state index contributed by atoms with van der Waals surface area (Å²) < 4.78 is 5.17. The van der Waals surface area contributed by atoms with Crippen molar-refractivity contribution in [3.05, 3.63) is 65.9 Å². The van der Waals surface area contributed by atoms with Gasteiger partial charge in [-0.15, -0.1) is 0 Å². The highest BCUT2D eigenvalue weighted by molar-refractivity contribution is 5.83. The zero-order chi connectivity index (χ0) is 17.6. The molecule has 0 spiro atoms. The van der Waals surface area contributed by atoms with E-state index in [1.807, 2.05) is 42.6 Å². The van der Waals surface area contributed by atoms with Gasteiger partial charge in [-0.25, -0.2) is 0 Å². The predicted octanol–water partition coefficient (Wildman–Crippen LogP) is 4.03. The molecule has 0 radical (unpaired) electrons. The molecule has 1 unspecified atom stereocenters. The molecule has 1 heterocycles. The van der Waals surface area contributed by atoms with E-state index >= 15 is 0 Å². The Labute approximate surface area is 148 Å².